The molecule has 3 heterocycles. The number of amides is 1. The molecule has 146 valence electrons. The molecule has 0 saturated carbocycles. The first kappa shape index (κ1) is 19.6. The number of carbonyl (C=O) groups is 1. The summed E-state index contributed by atoms with van der Waals surface area (Å²) in [4.78, 5) is 21.1. The number of aromatic nitrogens is 1. The molecular weight excluding hydrogens is 372 g/mol. The molecule has 0 bridgehead atoms. The Morgan fingerprint density at radius 2 is 2.08 bits per heavy atom. The van der Waals surface area contributed by atoms with Gasteiger partial charge in [-0.05, 0) is 18.8 Å². The number of rotatable bonds is 6. The van der Waals surface area contributed by atoms with E-state index in [-0.39, 0.29) is 17.7 Å². The zero-order valence-electron chi connectivity index (χ0n) is 15.5. The van der Waals surface area contributed by atoms with Gasteiger partial charge in [-0.2, -0.15) is 0 Å². The van der Waals surface area contributed by atoms with Gasteiger partial charge in [0.2, 0.25) is 0 Å². The Labute approximate surface area is 159 Å². The molecule has 7 nitrogen and oxygen atoms in total. The average Bonchev–Trinajstić information content (AvgIpc) is 3.20. The summed E-state index contributed by atoms with van der Waals surface area (Å²) in [5, 5.41) is 5.89. The van der Waals surface area contributed by atoms with Gasteiger partial charge < -0.3 is 10.2 Å². The van der Waals surface area contributed by atoms with E-state index in [1.54, 1.807) is 0 Å². The van der Waals surface area contributed by atoms with E-state index in [0.717, 1.165) is 31.2 Å². The minimum Gasteiger partial charge on any atom is -0.361 e. The van der Waals surface area contributed by atoms with Gasteiger partial charge in [0.05, 0.1) is 11.5 Å². The third-order valence-electron chi connectivity index (χ3n) is 5.05. The van der Waals surface area contributed by atoms with Crippen molar-refractivity contribution in [1.29, 1.82) is 0 Å². The molecule has 2 aliphatic heterocycles. The van der Waals surface area contributed by atoms with Crippen molar-refractivity contribution in [2.45, 2.75) is 32.7 Å². The lowest BCUT2D eigenvalue weighted by atomic mass is 10.1. The maximum absolute atomic E-state index is 12.7. The van der Waals surface area contributed by atoms with Crippen molar-refractivity contribution in [3.05, 3.63) is 11.1 Å². The van der Waals surface area contributed by atoms with E-state index in [1.165, 1.54) is 11.3 Å². The summed E-state index contributed by atoms with van der Waals surface area (Å²) in [6, 6.07) is 0.119. The minimum absolute atomic E-state index is 0.0307. The third kappa shape index (κ3) is 4.95. The second-order valence-corrected chi connectivity index (χ2v) is 10.6. The van der Waals surface area contributed by atoms with Crippen LogP contribution in [0.3, 0.4) is 0 Å². The maximum Gasteiger partial charge on any atom is 0.273 e. The second-order valence-electron chi connectivity index (χ2n) is 7.53. The Balaban J connectivity index is 1.48. The molecule has 0 spiro atoms. The lowest BCUT2D eigenvalue weighted by molar-refractivity contribution is 0.0583. The van der Waals surface area contributed by atoms with E-state index >= 15 is 0 Å². The molecule has 9 heteroatoms. The van der Waals surface area contributed by atoms with E-state index in [0.29, 0.717) is 36.9 Å². The van der Waals surface area contributed by atoms with Gasteiger partial charge in [-0.1, -0.05) is 13.8 Å². The summed E-state index contributed by atoms with van der Waals surface area (Å²) in [5.41, 5.74) is 0.499. The number of carbonyl (C=O) groups excluding carboxylic acids is 1. The second kappa shape index (κ2) is 8.22. The number of nitrogens with one attached hydrogen (secondary N) is 1. The number of sulfone groups is 1. The number of piperazine rings is 1. The first-order valence-electron chi connectivity index (χ1n) is 9.27. The monoisotopic (exact) mass is 400 g/mol. The summed E-state index contributed by atoms with van der Waals surface area (Å²) in [6.07, 6.45) is 1.79. The highest BCUT2D eigenvalue weighted by Gasteiger charge is 2.34. The van der Waals surface area contributed by atoms with Crippen molar-refractivity contribution >= 4 is 32.2 Å². The summed E-state index contributed by atoms with van der Waals surface area (Å²) in [5.74, 6) is 1.16. The minimum atomic E-state index is -2.87. The molecule has 3 rings (SSSR count). The first-order chi connectivity index (χ1) is 12.3. The largest absolute Gasteiger partial charge is 0.361 e. The number of nitrogens with zero attached hydrogens (tertiary/aromatic N) is 3. The lowest BCUT2D eigenvalue weighted by Crippen LogP contribution is -2.52. The molecule has 0 aromatic carbocycles. The van der Waals surface area contributed by atoms with Crippen molar-refractivity contribution in [3.8, 4) is 0 Å². The van der Waals surface area contributed by atoms with Crippen LogP contribution < -0.4 is 5.32 Å². The van der Waals surface area contributed by atoms with Gasteiger partial charge in [-0.3, -0.25) is 9.69 Å². The van der Waals surface area contributed by atoms with Crippen molar-refractivity contribution < 1.29 is 13.2 Å². The molecule has 1 amide bonds. The van der Waals surface area contributed by atoms with E-state index in [1.807, 2.05) is 10.3 Å². The summed E-state index contributed by atoms with van der Waals surface area (Å²) < 4.78 is 23.3. The average molecular weight is 401 g/mol. The fourth-order valence-electron chi connectivity index (χ4n) is 3.44. The van der Waals surface area contributed by atoms with E-state index in [4.69, 9.17) is 0 Å². The van der Waals surface area contributed by atoms with Gasteiger partial charge in [0.15, 0.2) is 15.0 Å². The normalized spacial score (nSPS) is 23.5. The molecule has 2 fully saturated rings. The van der Waals surface area contributed by atoms with Crippen LogP contribution in [0.15, 0.2) is 5.38 Å². The highest BCUT2D eigenvalue weighted by molar-refractivity contribution is 7.91. The molecule has 0 unspecified atom stereocenters. The molecule has 0 radical (unpaired) electrons. The van der Waals surface area contributed by atoms with Crippen molar-refractivity contribution in [2.75, 3.05) is 49.5 Å². The van der Waals surface area contributed by atoms with Crippen molar-refractivity contribution in [3.63, 3.8) is 0 Å². The van der Waals surface area contributed by atoms with Crippen molar-refractivity contribution in [1.82, 2.24) is 14.8 Å². The van der Waals surface area contributed by atoms with Crippen LogP contribution in [0.5, 0.6) is 0 Å². The Bertz CT molecular complexity index is 724. The molecule has 1 atom stereocenters. The molecular formula is C17H28N4O3S2. The molecule has 1 aromatic rings. The van der Waals surface area contributed by atoms with Crippen LogP contribution in [0.25, 0.3) is 0 Å². The fourth-order valence-corrected chi connectivity index (χ4v) is 5.91. The standard InChI is InChI=1S/C17H28N4O3S2/c1-13(2)3-5-18-17-19-15(11-25-17)16(22)21-8-6-20(7-9-21)14-4-10-26(23,24)12-14/h11,13-14H,3-10,12H2,1-2H3,(H,18,19)/t14-/m0/s1. The summed E-state index contributed by atoms with van der Waals surface area (Å²) in [6.45, 7) is 7.94. The molecule has 2 saturated heterocycles. The van der Waals surface area contributed by atoms with Crippen LogP contribution >= 0.6 is 11.3 Å². The van der Waals surface area contributed by atoms with E-state index in [9.17, 15) is 13.2 Å². The van der Waals surface area contributed by atoms with Gasteiger partial charge in [0.25, 0.3) is 5.91 Å². The molecule has 26 heavy (non-hydrogen) atoms. The van der Waals surface area contributed by atoms with Gasteiger partial charge in [-0.25, -0.2) is 13.4 Å². The molecule has 0 aliphatic carbocycles. The third-order valence-corrected chi connectivity index (χ3v) is 7.60. The summed E-state index contributed by atoms with van der Waals surface area (Å²) in [7, 11) is -2.87. The zero-order chi connectivity index (χ0) is 18.7. The fraction of sp³-hybridized carbons (Fsp3) is 0.765. The van der Waals surface area contributed by atoms with Gasteiger partial charge in [0.1, 0.15) is 5.69 Å². The Hall–Kier alpha value is -1.19. The number of hydrogen-bond donors (Lipinski definition) is 1. The predicted molar refractivity (Wildman–Crippen MR) is 105 cm³/mol. The maximum atomic E-state index is 12.7. The van der Waals surface area contributed by atoms with Gasteiger partial charge in [0, 0.05) is 44.1 Å². The number of thiazole rings is 1. The van der Waals surface area contributed by atoms with Gasteiger partial charge >= 0.3 is 0 Å². The van der Waals surface area contributed by atoms with Crippen LogP contribution in [0, 0.1) is 5.92 Å². The van der Waals surface area contributed by atoms with E-state index < -0.39 is 9.84 Å². The highest BCUT2D eigenvalue weighted by atomic mass is 32.2. The molecule has 1 N–H and O–H groups in total. The first-order valence-corrected chi connectivity index (χ1v) is 12.0. The smallest absolute Gasteiger partial charge is 0.273 e. The van der Waals surface area contributed by atoms with Crippen LogP contribution in [-0.2, 0) is 9.84 Å². The van der Waals surface area contributed by atoms with Crippen LogP contribution in [-0.4, -0.2) is 79.4 Å². The van der Waals surface area contributed by atoms with Crippen LogP contribution in [0.2, 0.25) is 0 Å². The Morgan fingerprint density at radius 1 is 1.35 bits per heavy atom. The van der Waals surface area contributed by atoms with Crippen LogP contribution in [0.1, 0.15) is 37.2 Å². The van der Waals surface area contributed by atoms with E-state index in [2.05, 4.69) is 29.0 Å². The summed E-state index contributed by atoms with van der Waals surface area (Å²) >= 11 is 1.47. The van der Waals surface area contributed by atoms with Gasteiger partial charge in [-0.15, -0.1) is 11.3 Å². The Morgan fingerprint density at radius 3 is 2.69 bits per heavy atom. The zero-order valence-corrected chi connectivity index (χ0v) is 17.1. The molecule has 2 aliphatic rings. The topological polar surface area (TPSA) is 82.6 Å². The Kier molecular flexibility index (Phi) is 6.19. The van der Waals surface area contributed by atoms with Crippen molar-refractivity contribution in [2.24, 2.45) is 5.92 Å². The SMILES string of the molecule is CC(C)CCNc1nc(C(=O)N2CCN([C@H]3CCS(=O)(=O)C3)CC2)cs1. The van der Waals surface area contributed by atoms with Crippen LogP contribution in [0.4, 0.5) is 5.13 Å². The number of anilines is 1. The predicted octanol–water partition coefficient (Wildman–Crippen LogP) is 1.55. The lowest BCUT2D eigenvalue weighted by Gasteiger charge is -2.37. The highest BCUT2D eigenvalue weighted by Crippen LogP contribution is 2.21. The number of hydrogen-bond acceptors (Lipinski definition) is 7. The molecule has 1 aromatic heterocycles. The quantitative estimate of drug-likeness (QED) is 0.780.